The minimum Gasteiger partial charge on any atom is -0.370 e. The predicted molar refractivity (Wildman–Crippen MR) is 60.3 cm³/mol. The molecule has 0 bridgehead atoms. The fourth-order valence-electron chi connectivity index (χ4n) is 2.07. The average Bonchev–Trinajstić information content (AvgIpc) is 2.57. The van der Waals surface area contributed by atoms with E-state index in [9.17, 15) is 4.79 Å². The normalized spacial score (nSPS) is 17.2. The van der Waals surface area contributed by atoms with E-state index in [4.69, 9.17) is 0 Å². The van der Waals surface area contributed by atoms with Crippen LogP contribution < -0.4 is 4.90 Å². The zero-order valence-electron chi connectivity index (χ0n) is 8.85. The van der Waals surface area contributed by atoms with E-state index in [1.807, 2.05) is 0 Å². The number of carbonyl (C=O) groups is 1. The summed E-state index contributed by atoms with van der Waals surface area (Å²) < 4.78 is 0. The fraction of sp³-hybridized carbons (Fsp3) is 0.500. The maximum Gasteiger partial charge on any atom is 0.152 e. The molecule has 3 heteroatoms. The first-order valence-electron chi connectivity index (χ1n) is 5.56. The first-order valence-corrected chi connectivity index (χ1v) is 5.56. The number of hydrogen-bond acceptors (Lipinski definition) is 3. The Hall–Kier alpha value is -1.38. The molecule has 0 radical (unpaired) electrons. The van der Waals surface area contributed by atoms with Gasteiger partial charge in [0.2, 0.25) is 0 Å². The van der Waals surface area contributed by atoms with Crippen molar-refractivity contribution < 1.29 is 4.79 Å². The zero-order chi connectivity index (χ0) is 10.5. The van der Waals surface area contributed by atoms with Crippen molar-refractivity contribution in [2.24, 2.45) is 0 Å². The van der Waals surface area contributed by atoms with E-state index in [0.717, 1.165) is 30.6 Å². The first kappa shape index (κ1) is 10.1. The lowest BCUT2D eigenvalue weighted by atomic mass is 10.2. The van der Waals surface area contributed by atoms with Gasteiger partial charge < -0.3 is 4.90 Å². The minimum absolute atomic E-state index is 0.756. The van der Waals surface area contributed by atoms with Crippen molar-refractivity contribution in [3.8, 4) is 0 Å². The molecule has 80 valence electrons. The largest absolute Gasteiger partial charge is 0.370 e. The summed E-state index contributed by atoms with van der Waals surface area (Å²) in [7, 11) is 0. The van der Waals surface area contributed by atoms with Crippen molar-refractivity contribution in [3.63, 3.8) is 0 Å². The molecule has 0 aliphatic carbocycles. The highest BCUT2D eigenvalue weighted by Gasteiger charge is 2.12. The van der Waals surface area contributed by atoms with Gasteiger partial charge in [0.05, 0.1) is 11.9 Å². The van der Waals surface area contributed by atoms with Crippen LogP contribution in [-0.2, 0) is 0 Å². The third-order valence-electron chi connectivity index (χ3n) is 2.91. The molecular formula is C12H16N2O. The van der Waals surface area contributed by atoms with Gasteiger partial charge in [-0.3, -0.25) is 9.78 Å². The second kappa shape index (κ2) is 4.91. The molecule has 1 aliphatic heterocycles. The molecule has 0 unspecified atom stereocenters. The number of carbonyl (C=O) groups excluding carboxylic acids is 1. The molecule has 3 nitrogen and oxygen atoms in total. The van der Waals surface area contributed by atoms with E-state index in [1.54, 1.807) is 18.5 Å². The van der Waals surface area contributed by atoms with E-state index in [2.05, 4.69) is 9.88 Å². The molecule has 2 rings (SSSR count). The number of anilines is 1. The minimum atomic E-state index is 0.756. The summed E-state index contributed by atoms with van der Waals surface area (Å²) in [4.78, 5) is 17.3. The molecule has 1 fully saturated rings. The standard InChI is InChI=1S/C12H16N2O/c15-10-11-5-6-13-9-12(11)14-7-3-1-2-4-8-14/h5-6,9-10H,1-4,7-8H2. The summed E-state index contributed by atoms with van der Waals surface area (Å²) in [6, 6.07) is 1.78. The monoisotopic (exact) mass is 204 g/mol. The molecule has 2 heterocycles. The lowest BCUT2D eigenvalue weighted by molar-refractivity contribution is 0.112. The number of rotatable bonds is 2. The lowest BCUT2D eigenvalue weighted by Gasteiger charge is -2.23. The number of aldehydes is 1. The summed E-state index contributed by atoms with van der Waals surface area (Å²) in [5, 5.41) is 0. The van der Waals surface area contributed by atoms with Crippen LogP contribution >= 0.6 is 0 Å². The molecule has 0 amide bonds. The number of aromatic nitrogens is 1. The van der Waals surface area contributed by atoms with Gasteiger partial charge >= 0.3 is 0 Å². The Balaban J connectivity index is 2.22. The van der Waals surface area contributed by atoms with Gasteiger partial charge in [-0.15, -0.1) is 0 Å². The van der Waals surface area contributed by atoms with Gasteiger partial charge in [0.25, 0.3) is 0 Å². The third kappa shape index (κ3) is 2.35. The summed E-state index contributed by atoms with van der Waals surface area (Å²) in [6.45, 7) is 2.10. The second-order valence-corrected chi connectivity index (χ2v) is 3.95. The van der Waals surface area contributed by atoms with Crippen LogP contribution in [0.5, 0.6) is 0 Å². The summed E-state index contributed by atoms with van der Waals surface area (Å²) >= 11 is 0. The Labute approximate surface area is 90.1 Å². The topological polar surface area (TPSA) is 33.2 Å². The third-order valence-corrected chi connectivity index (χ3v) is 2.91. The molecular weight excluding hydrogens is 188 g/mol. The van der Waals surface area contributed by atoms with Gasteiger partial charge in [-0.2, -0.15) is 0 Å². The van der Waals surface area contributed by atoms with Crippen LogP contribution in [-0.4, -0.2) is 24.4 Å². The van der Waals surface area contributed by atoms with E-state index in [1.165, 1.54) is 25.7 Å². The van der Waals surface area contributed by atoms with Gasteiger partial charge in [0.15, 0.2) is 6.29 Å². The predicted octanol–water partition coefficient (Wildman–Crippen LogP) is 2.27. The van der Waals surface area contributed by atoms with Gasteiger partial charge in [0, 0.05) is 24.8 Å². The molecule has 1 aliphatic rings. The number of hydrogen-bond donors (Lipinski definition) is 0. The van der Waals surface area contributed by atoms with Crippen LogP contribution in [0.15, 0.2) is 18.5 Å². The van der Waals surface area contributed by atoms with Crippen LogP contribution in [0.2, 0.25) is 0 Å². The van der Waals surface area contributed by atoms with E-state index in [-0.39, 0.29) is 0 Å². The van der Waals surface area contributed by atoms with E-state index >= 15 is 0 Å². The lowest BCUT2D eigenvalue weighted by Crippen LogP contribution is -2.25. The second-order valence-electron chi connectivity index (χ2n) is 3.95. The van der Waals surface area contributed by atoms with E-state index in [0.29, 0.717) is 0 Å². The highest BCUT2D eigenvalue weighted by Crippen LogP contribution is 2.21. The molecule has 15 heavy (non-hydrogen) atoms. The maximum absolute atomic E-state index is 10.9. The van der Waals surface area contributed by atoms with Crippen LogP contribution in [0.4, 0.5) is 5.69 Å². The van der Waals surface area contributed by atoms with Crippen molar-refractivity contribution in [2.75, 3.05) is 18.0 Å². The summed E-state index contributed by atoms with van der Waals surface area (Å²) in [6.07, 6.45) is 9.42. The Morgan fingerprint density at radius 1 is 1.20 bits per heavy atom. The quantitative estimate of drug-likeness (QED) is 0.693. The molecule has 0 spiro atoms. The highest BCUT2D eigenvalue weighted by atomic mass is 16.1. The molecule has 1 saturated heterocycles. The SMILES string of the molecule is O=Cc1ccncc1N1CCCCCC1. The molecule has 0 atom stereocenters. The number of pyridine rings is 1. The highest BCUT2D eigenvalue weighted by molar-refractivity contribution is 5.84. The molecule has 1 aromatic heterocycles. The fourth-order valence-corrected chi connectivity index (χ4v) is 2.07. The first-order chi connectivity index (χ1) is 7.42. The van der Waals surface area contributed by atoms with Crippen LogP contribution in [0.3, 0.4) is 0 Å². The smallest absolute Gasteiger partial charge is 0.152 e. The van der Waals surface area contributed by atoms with Gasteiger partial charge in [-0.25, -0.2) is 0 Å². The van der Waals surface area contributed by atoms with Crippen molar-refractivity contribution >= 4 is 12.0 Å². The summed E-state index contributed by atoms with van der Waals surface area (Å²) in [5.74, 6) is 0. The van der Waals surface area contributed by atoms with Crippen LogP contribution in [0.1, 0.15) is 36.0 Å². The van der Waals surface area contributed by atoms with Crippen LogP contribution in [0, 0.1) is 0 Å². The Morgan fingerprint density at radius 3 is 2.60 bits per heavy atom. The Morgan fingerprint density at radius 2 is 1.93 bits per heavy atom. The van der Waals surface area contributed by atoms with Gasteiger partial charge in [-0.05, 0) is 18.9 Å². The van der Waals surface area contributed by atoms with Gasteiger partial charge in [-0.1, -0.05) is 12.8 Å². The van der Waals surface area contributed by atoms with Crippen molar-refractivity contribution in [3.05, 3.63) is 24.0 Å². The Kier molecular flexibility index (Phi) is 3.33. The maximum atomic E-state index is 10.9. The molecule has 0 N–H and O–H groups in total. The summed E-state index contributed by atoms with van der Waals surface area (Å²) in [5.41, 5.74) is 1.75. The van der Waals surface area contributed by atoms with Crippen molar-refractivity contribution in [2.45, 2.75) is 25.7 Å². The molecule has 0 saturated carbocycles. The molecule has 0 aromatic carbocycles. The van der Waals surface area contributed by atoms with Crippen molar-refractivity contribution in [1.29, 1.82) is 0 Å². The zero-order valence-corrected chi connectivity index (χ0v) is 8.85. The Bertz CT molecular complexity index is 330. The van der Waals surface area contributed by atoms with Crippen LogP contribution in [0.25, 0.3) is 0 Å². The van der Waals surface area contributed by atoms with Gasteiger partial charge in [0.1, 0.15) is 0 Å². The number of nitrogens with zero attached hydrogens (tertiary/aromatic N) is 2. The average molecular weight is 204 g/mol. The van der Waals surface area contributed by atoms with E-state index < -0.39 is 0 Å². The van der Waals surface area contributed by atoms with Crippen molar-refractivity contribution in [1.82, 2.24) is 4.98 Å². The molecule has 1 aromatic rings.